The van der Waals surface area contributed by atoms with Gasteiger partial charge in [-0.1, -0.05) is 35.3 Å². The average Bonchev–Trinajstić information content (AvgIpc) is 2.76. The Kier molecular flexibility index (Phi) is 8.55. The zero-order valence-electron chi connectivity index (χ0n) is 17.0. The van der Waals surface area contributed by atoms with Gasteiger partial charge in [-0.25, -0.2) is 4.39 Å². The fraction of sp³-hybridized carbons (Fsp3) is 0.391. The lowest BCUT2D eigenvalue weighted by Crippen LogP contribution is -2.41. The Morgan fingerprint density at radius 1 is 1.00 bits per heavy atom. The van der Waals surface area contributed by atoms with E-state index in [1.54, 1.807) is 12.1 Å². The van der Waals surface area contributed by atoms with Gasteiger partial charge >= 0.3 is 0 Å². The largest absolute Gasteiger partial charge is 0.484 e. The first-order valence-electron chi connectivity index (χ1n) is 10.3. The zero-order valence-corrected chi connectivity index (χ0v) is 18.5. The maximum atomic E-state index is 13.4. The monoisotopic (exact) mass is 466 g/mol. The topological polar surface area (TPSA) is 67.4 Å². The predicted octanol–water partition coefficient (Wildman–Crippen LogP) is 4.55. The number of ether oxygens (including phenoxy) is 1. The molecule has 2 aromatic rings. The van der Waals surface area contributed by atoms with Gasteiger partial charge in [0.05, 0.1) is 11.4 Å². The third kappa shape index (κ3) is 7.71. The predicted molar refractivity (Wildman–Crippen MR) is 119 cm³/mol. The summed E-state index contributed by atoms with van der Waals surface area (Å²) < 4.78 is 18.7. The molecule has 0 radical (unpaired) electrons. The third-order valence-electron chi connectivity index (χ3n) is 5.34. The first-order valence-corrected chi connectivity index (χ1v) is 11.0. The van der Waals surface area contributed by atoms with E-state index in [9.17, 15) is 14.0 Å². The van der Waals surface area contributed by atoms with Gasteiger partial charge in [-0.2, -0.15) is 0 Å². The van der Waals surface area contributed by atoms with Crippen LogP contribution in [-0.2, 0) is 16.0 Å². The van der Waals surface area contributed by atoms with Gasteiger partial charge in [0.25, 0.3) is 5.91 Å². The molecular formula is C23H25Cl2FN2O3. The van der Waals surface area contributed by atoms with Crippen molar-refractivity contribution in [2.45, 2.75) is 38.1 Å². The Balaban J connectivity index is 1.31. The summed E-state index contributed by atoms with van der Waals surface area (Å²) in [5.74, 6) is -0.174. The van der Waals surface area contributed by atoms with Gasteiger partial charge in [-0.05, 0) is 61.4 Å². The number of halogens is 3. The first-order chi connectivity index (χ1) is 14.9. The number of hydrogen-bond acceptors (Lipinski definition) is 3. The van der Waals surface area contributed by atoms with Crippen molar-refractivity contribution in [2.75, 3.05) is 13.2 Å². The van der Waals surface area contributed by atoms with Crippen molar-refractivity contribution in [3.05, 3.63) is 63.9 Å². The van der Waals surface area contributed by atoms with Crippen molar-refractivity contribution in [3.63, 3.8) is 0 Å². The molecule has 1 aliphatic carbocycles. The Morgan fingerprint density at radius 2 is 1.71 bits per heavy atom. The molecule has 0 bridgehead atoms. The highest BCUT2D eigenvalue weighted by Gasteiger charge is 2.23. The summed E-state index contributed by atoms with van der Waals surface area (Å²) in [6.45, 7) is 0.458. The van der Waals surface area contributed by atoms with Crippen LogP contribution in [0.25, 0.3) is 0 Å². The van der Waals surface area contributed by atoms with Crippen molar-refractivity contribution in [3.8, 4) is 5.75 Å². The second-order valence-corrected chi connectivity index (χ2v) is 8.60. The van der Waals surface area contributed by atoms with E-state index in [-0.39, 0.29) is 35.2 Å². The fourth-order valence-corrected chi connectivity index (χ4v) is 3.85. The van der Waals surface area contributed by atoms with Gasteiger partial charge in [0.1, 0.15) is 11.6 Å². The number of hydrogen-bond donors (Lipinski definition) is 2. The van der Waals surface area contributed by atoms with Crippen LogP contribution >= 0.6 is 23.2 Å². The Bertz CT molecular complexity index is 900. The second kappa shape index (κ2) is 11.3. The van der Waals surface area contributed by atoms with Crippen LogP contribution < -0.4 is 15.4 Å². The summed E-state index contributed by atoms with van der Waals surface area (Å²) in [5.41, 5.74) is 0.928. The molecule has 0 heterocycles. The number of carbonyl (C=O) groups excluding carboxylic acids is 2. The lowest BCUT2D eigenvalue weighted by Gasteiger charge is -2.29. The van der Waals surface area contributed by atoms with E-state index >= 15 is 0 Å². The van der Waals surface area contributed by atoms with Crippen molar-refractivity contribution in [1.29, 1.82) is 0 Å². The van der Waals surface area contributed by atoms with Crippen LogP contribution in [0.5, 0.6) is 5.75 Å². The fourth-order valence-electron chi connectivity index (χ4n) is 3.60. The summed E-state index contributed by atoms with van der Waals surface area (Å²) in [4.78, 5) is 24.2. The van der Waals surface area contributed by atoms with Crippen LogP contribution in [0.4, 0.5) is 4.39 Å². The summed E-state index contributed by atoms with van der Waals surface area (Å²) in [6.07, 6.45) is 3.88. The number of rotatable bonds is 8. The van der Waals surface area contributed by atoms with Crippen LogP contribution in [0.15, 0.2) is 42.5 Å². The van der Waals surface area contributed by atoms with Gasteiger partial charge in [0, 0.05) is 23.7 Å². The number of carbonyl (C=O) groups is 2. The zero-order chi connectivity index (χ0) is 22.2. The molecule has 3 rings (SSSR count). The molecule has 2 N–H and O–H groups in total. The molecule has 0 aromatic heterocycles. The van der Waals surface area contributed by atoms with Crippen molar-refractivity contribution < 1.29 is 18.7 Å². The molecule has 0 saturated heterocycles. The molecule has 0 atom stereocenters. The smallest absolute Gasteiger partial charge is 0.258 e. The van der Waals surface area contributed by atoms with Gasteiger partial charge in [0.15, 0.2) is 6.61 Å². The van der Waals surface area contributed by atoms with E-state index in [2.05, 4.69) is 10.6 Å². The van der Waals surface area contributed by atoms with E-state index < -0.39 is 5.82 Å². The highest BCUT2D eigenvalue weighted by atomic mass is 35.5. The van der Waals surface area contributed by atoms with E-state index in [1.807, 2.05) is 12.1 Å². The molecule has 0 unspecified atom stereocenters. The minimum atomic E-state index is -0.585. The quantitative estimate of drug-likeness (QED) is 0.599. The molecule has 166 valence electrons. The van der Waals surface area contributed by atoms with Gasteiger partial charge in [-0.15, -0.1) is 0 Å². The van der Waals surface area contributed by atoms with Gasteiger partial charge in [0.2, 0.25) is 5.91 Å². The molecule has 31 heavy (non-hydrogen) atoms. The SMILES string of the molecule is O=C(Cc1ccc(Cl)cc1)NCC1CCC(NC(=O)COc2ccc(Cl)c(F)c2)CC1. The lowest BCUT2D eigenvalue weighted by molar-refractivity contribution is -0.124. The highest BCUT2D eigenvalue weighted by molar-refractivity contribution is 6.30. The minimum absolute atomic E-state index is 0.00599. The summed E-state index contributed by atoms with van der Waals surface area (Å²) in [7, 11) is 0. The van der Waals surface area contributed by atoms with E-state index in [0.29, 0.717) is 23.9 Å². The van der Waals surface area contributed by atoms with E-state index in [0.717, 1.165) is 37.3 Å². The molecule has 1 saturated carbocycles. The summed E-state index contributed by atoms with van der Waals surface area (Å²) in [6, 6.07) is 11.4. The van der Waals surface area contributed by atoms with Crippen LogP contribution in [0.2, 0.25) is 10.0 Å². The molecule has 2 aromatic carbocycles. The molecule has 0 spiro atoms. The first kappa shape index (κ1) is 23.4. The Morgan fingerprint density at radius 3 is 2.39 bits per heavy atom. The van der Waals surface area contributed by atoms with Crippen molar-refractivity contribution >= 4 is 35.0 Å². The van der Waals surface area contributed by atoms with Crippen LogP contribution in [0.1, 0.15) is 31.2 Å². The minimum Gasteiger partial charge on any atom is -0.484 e. The van der Waals surface area contributed by atoms with Gasteiger partial charge in [-0.3, -0.25) is 9.59 Å². The Hall–Kier alpha value is -2.31. The maximum absolute atomic E-state index is 13.4. The standard InChI is InChI=1S/C23H25Cl2FN2O3/c24-17-5-1-15(2-6-17)11-22(29)27-13-16-3-7-18(8-4-16)28-23(30)14-31-19-9-10-20(25)21(26)12-19/h1-2,5-6,9-10,12,16,18H,3-4,7-8,11,13-14H2,(H,27,29)(H,28,30). The van der Waals surface area contributed by atoms with Crippen LogP contribution in [0, 0.1) is 11.7 Å². The van der Waals surface area contributed by atoms with E-state index in [1.165, 1.54) is 12.1 Å². The molecule has 1 aliphatic rings. The summed E-state index contributed by atoms with van der Waals surface area (Å²) in [5, 5.41) is 6.61. The number of amides is 2. The van der Waals surface area contributed by atoms with Crippen LogP contribution in [-0.4, -0.2) is 31.0 Å². The lowest BCUT2D eigenvalue weighted by atomic mass is 9.86. The summed E-state index contributed by atoms with van der Waals surface area (Å²) >= 11 is 11.5. The van der Waals surface area contributed by atoms with Gasteiger partial charge < -0.3 is 15.4 Å². The second-order valence-electron chi connectivity index (χ2n) is 7.76. The molecule has 1 fully saturated rings. The molecule has 2 amide bonds. The van der Waals surface area contributed by atoms with E-state index in [4.69, 9.17) is 27.9 Å². The van der Waals surface area contributed by atoms with Crippen molar-refractivity contribution in [2.24, 2.45) is 5.92 Å². The molecular weight excluding hydrogens is 442 g/mol. The maximum Gasteiger partial charge on any atom is 0.258 e. The number of nitrogens with one attached hydrogen (secondary N) is 2. The van der Waals surface area contributed by atoms with Crippen LogP contribution in [0.3, 0.4) is 0 Å². The molecule has 0 aliphatic heterocycles. The highest BCUT2D eigenvalue weighted by Crippen LogP contribution is 2.24. The Labute approximate surface area is 191 Å². The molecule has 5 nitrogen and oxygen atoms in total. The van der Waals surface area contributed by atoms with Crippen molar-refractivity contribution in [1.82, 2.24) is 10.6 Å². The average molecular weight is 467 g/mol. The third-order valence-corrected chi connectivity index (χ3v) is 5.90. The number of benzene rings is 2. The molecule has 8 heteroatoms. The normalized spacial score (nSPS) is 18.3.